The number of nitrogens with zero attached hydrogens (tertiary/aromatic N) is 1. The maximum absolute atomic E-state index is 11.7. The van der Waals surface area contributed by atoms with Gasteiger partial charge >= 0.3 is 5.97 Å². The van der Waals surface area contributed by atoms with Crippen LogP contribution in [0.15, 0.2) is 0 Å². The Morgan fingerprint density at radius 1 is 1.47 bits per heavy atom. The molecule has 0 N–H and O–H groups in total. The standard InChI is InChI=1S/C13H19NO2S/c1-8-5-4-6-10(7-8)12-11(13(15)16-3)14-9(2)17-12/h8,10H,4-7H2,1-3H3. The summed E-state index contributed by atoms with van der Waals surface area (Å²) in [6.45, 7) is 4.24. The van der Waals surface area contributed by atoms with Gasteiger partial charge in [0.05, 0.1) is 12.1 Å². The van der Waals surface area contributed by atoms with Crippen LogP contribution in [0.2, 0.25) is 0 Å². The van der Waals surface area contributed by atoms with E-state index < -0.39 is 0 Å². The summed E-state index contributed by atoms with van der Waals surface area (Å²) >= 11 is 1.65. The first kappa shape index (κ1) is 12.6. The Balaban J connectivity index is 2.27. The Morgan fingerprint density at radius 2 is 2.24 bits per heavy atom. The van der Waals surface area contributed by atoms with Gasteiger partial charge in [0.2, 0.25) is 0 Å². The molecule has 2 unspecified atom stereocenters. The van der Waals surface area contributed by atoms with Gasteiger partial charge in [-0.25, -0.2) is 9.78 Å². The first-order valence-corrected chi connectivity index (χ1v) is 6.99. The minimum absolute atomic E-state index is 0.289. The van der Waals surface area contributed by atoms with Gasteiger partial charge in [0.25, 0.3) is 0 Å². The fourth-order valence-corrected chi connectivity index (χ4v) is 3.70. The van der Waals surface area contributed by atoms with Crippen LogP contribution in [0.5, 0.6) is 0 Å². The second-order valence-electron chi connectivity index (χ2n) is 4.91. The number of hydrogen-bond acceptors (Lipinski definition) is 4. The fourth-order valence-electron chi connectivity index (χ4n) is 2.63. The number of ether oxygens (including phenoxy) is 1. The van der Waals surface area contributed by atoms with Crippen LogP contribution in [0.1, 0.15) is 58.9 Å². The molecule has 1 aromatic rings. The fraction of sp³-hybridized carbons (Fsp3) is 0.692. The highest BCUT2D eigenvalue weighted by Gasteiger charge is 2.27. The third-order valence-corrected chi connectivity index (χ3v) is 4.58. The number of esters is 1. The third-order valence-electron chi connectivity index (χ3n) is 3.45. The zero-order valence-electron chi connectivity index (χ0n) is 10.7. The van der Waals surface area contributed by atoms with Gasteiger partial charge in [0.15, 0.2) is 5.69 Å². The molecule has 0 amide bonds. The van der Waals surface area contributed by atoms with Crippen LogP contribution in [0.25, 0.3) is 0 Å². The maximum atomic E-state index is 11.7. The zero-order chi connectivity index (χ0) is 12.4. The largest absolute Gasteiger partial charge is 0.464 e. The summed E-state index contributed by atoms with van der Waals surface area (Å²) in [5, 5.41) is 0.957. The van der Waals surface area contributed by atoms with Crippen molar-refractivity contribution in [2.24, 2.45) is 5.92 Å². The van der Waals surface area contributed by atoms with E-state index in [0.29, 0.717) is 11.6 Å². The maximum Gasteiger partial charge on any atom is 0.357 e. The van der Waals surface area contributed by atoms with Gasteiger partial charge in [0.1, 0.15) is 0 Å². The molecule has 0 spiro atoms. The zero-order valence-corrected chi connectivity index (χ0v) is 11.5. The molecule has 4 heteroatoms. The molecular formula is C13H19NO2S. The van der Waals surface area contributed by atoms with Crippen molar-refractivity contribution < 1.29 is 9.53 Å². The molecule has 2 rings (SSSR count). The molecule has 94 valence electrons. The first-order chi connectivity index (χ1) is 8.11. The normalized spacial score (nSPS) is 24.6. The summed E-state index contributed by atoms with van der Waals surface area (Å²) in [4.78, 5) is 17.2. The number of methoxy groups -OCH3 is 1. The molecule has 1 aromatic heterocycles. The monoisotopic (exact) mass is 253 g/mol. The molecule has 2 atom stereocenters. The molecular weight excluding hydrogens is 234 g/mol. The van der Waals surface area contributed by atoms with Crippen molar-refractivity contribution in [2.45, 2.75) is 45.4 Å². The van der Waals surface area contributed by atoms with Gasteiger partial charge in [-0.05, 0) is 31.6 Å². The molecule has 0 saturated heterocycles. The molecule has 1 saturated carbocycles. The number of aromatic nitrogens is 1. The van der Waals surface area contributed by atoms with Gasteiger partial charge in [-0.3, -0.25) is 0 Å². The van der Waals surface area contributed by atoms with Crippen LogP contribution in [-0.2, 0) is 4.74 Å². The van der Waals surface area contributed by atoms with E-state index in [0.717, 1.165) is 15.8 Å². The lowest BCUT2D eigenvalue weighted by molar-refractivity contribution is 0.0592. The summed E-state index contributed by atoms with van der Waals surface area (Å²) in [5.41, 5.74) is 0.550. The van der Waals surface area contributed by atoms with Crippen LogP contribution < -0.4 is 0 Å². The van der Waals surface area contributed by atoms with Gasteiger partial charge in [0, 0.05) is 4.88 Å². The predicted molar refractivity (Wildman–Crippen MR) is 68.6 cm³/mol. The molecule has 17 heavy (non-hydrogen) atoms. The van der Waals surface area contributed by atoms with Crippen LogP contribution in [0.3, 0.4) is 0 Å². The summed E-state index contributed by atoms with van der Waals surface area (Å²) < 4.78 is 4.81. The predicted octanol–water partition coefficient (Wildman–Crippen LogP) is 3.53. The third kappa shape index (κ3) is 2.68. The van der Waals surface area contributed by atoms with E-state index in [2.05, 4.69) is 11.9 Å². The lowest BCUT2D eigenvalue weighted by Gasteiger charge is -2.26. The smallest absolute Gasteiger partial charge is 0.357 e. The van der Waals surface area contributed by atoms with Crippen molar-refractivity contribution in [3.63, 3.8) is 0 Å². The molecule has 1 fully saturated rings. The van der Waals surface area contributed by atoms with Crippen molar-refractivity contribution in [1.29, 1.82) is 0 Å². The first-order valence-electron chi connectivity index (χ1n) is 6.17. The number of rotatable bonds is 2. The molecule has 0 aliphatic heterocycles. The Kier molecular flexibility index (Phi) is 3.82. The molecule has 1 aliphatic carbocycles. The Morgan fingerprint density at radius 3 is 2.88 bits per heavy atom. The molecule has 1 heterocycles. The van der Waals surface area contributed by atoms with Crippen LogP contribution in [0, 0.1) is 12.8 Å². The van der Waals surface area contributed by atoms with Crippen LogP contribution in [-0.4, -0.2) is 18.1 Å². The second-order valence-corrected chi connectivity index (χ2v) is 6.14. The van der Waals surface area contributed by atoms with E-state index >= 15 is 0 Å². The molecule has 0 radical (unpaired) electrons. The Hall–Kier alpha value is -0.900. The van der Waals surface area contributed by atoms with Crippen molar-refractivity contribution in [3.8, 4) is 0 Å². The van der Waals surface area contributed by atoms with Gasteiger partial charge in [-0.2, -0.15) is 0 Å². The molecule has 3 nitrogen and oxygen atoms in total. The average Bonchev–Trinajstić information content (AvgIpc) is 2.70. The van der Waals surface area contributed by atoms with Crippen molar-refractivity contribution in [1.82, 2.24) is 4.98 Å². The second kappa shape index (κ2) is 5.17. The van der Waals surface area contributed by atoms with E-state index in [1.807, 2.05) is 6.92 Å². The van der Waals surface area contributed by atoms with E-state index in [1.165, 1.54) is 32.8 Å². The van der Waals surface area contributed by atoms with E-state index in [4.69, 9.17) is 4.74 Å². The summed E-state index contributed by atoms with van der Waals surface area (Å²) in [5.74, 6) is 0.961. The van der Waals surface area contributed by atoms with E-state index in [-0.39, 0.29) is 5.97 Å². The highest BCUT2D eigenvalue weighted by atomic mass is 32.1. The van der Waals surface area contributed by atoms with Crippen molar-refractivity contribution in [2.75, 3.05) is 7.11 Å². The lowest BCUT2D eigenvalue weighted by atomic mass is 9.81. The topological polar surface area (TPSA) is 39.2 Å². The average molecular weight is 253 g/mol. The minimum atomic E-state index is -0.289. The van der Waals surface area contributed by atoms with Gasteiger partial charge in [-0.1, -0.05) is 19.8 Å². The Bertz CT molecular complexity index is 414. The SMILES string of the molecule is COC(=O)c1nc(C)sc1C1CCCC(C)C1. The quantitative estimate of drug-likeness (QED) is 0.757. The summed E-state index contributed by atoms with van der Waals surface area (Å²) in [6, 6.07) is 0. The van der Waals surface area contributed by atoms with Crippen molar-refractivity contribution >= 4 is 17.3 Å². The van der Waals surface area contributed by atoms with Gasteiger partial charge in [-0.15, -0.1) is 11.3 Å². The minimum Gasteiger partial charge on any atom is -0.464 e. The molecule has 0 aromatic carbocycles. The van der Waals surface area contributed by atoms with E-state index in [9.17, 15) is 4.79 Å². The molecule has 0 bridgehead atoms. The Labute approximate surface area is 106 Å². The van der Waals surface area contributed by atoms with E-state index in [1.54, 1.807) is 11.3 Å². The van der Waals surface area contributed by atoms with Crippen molar-refractivity contribution in [3.05, 3.63) is 15.6 Å². The summed E-state index contributed by atoms with van der Waals surface area (Å²) in [7, 11) is 1.42. The lowest BCUT2D eigenvalue weighted by Crippen LogP contribution is -2.14. The molecule has 1 aliphatic rings. The van der Waals surface area contributed by atoms with Gasteiger partial charge < -0.3 is 4.74 Å². The van der Waals surface area contributed by atoms with Crippen LogP contribution in [0.4, 0.5) is 0 Å². The highest BCUT2D eigenvalue weighted by Crippen LogP contribution is 2.40. The number of carbonyl (C=O) groups excluding carboxylic acids is 1. The van der Waals surface area contributed by atoms with Crippen LogP contribution >= 0.6 is 11.3 Å². The number of carbonyl (C=O) groups is 1. The number of hydrogen-bond donors (Lipinski definition) is 0. The highest BCUT2D eigenvalue weighted by molar-refractivity contribution is 7.12. The number of thiazole rings is 1. The summed E-state index contributed by atoms with van der Waals surface area (Å²) in [6.07, 6.45) is 4.91. The number of aryl methyl sites for hydroxylation is 1.